The summed E-state index contributed by atoms with van der Waals surface area (Å²) in [4.78, 5) is 6.63. The Balaban J connectivity index is 1.76. The van der Waals surface area contributed by atoms with Gasteiger partial charge in [-0.25, -0.2) is 4.98 Å². The predicted molar refractivity (Wildman–Crippen MR) is 88.9 cm³/mol. The summed E-state index contributed by atoms with van der Waals surface area (Å²) in [5.74, 6) is 0. The Morgan fingerprint density at radius 3 is 2.68 bits per heavy atom. The van der Waals surface area contributed by atoms with E-state index in [2.05, 4.69) is 48.0 Å². The molecule has 1 atom stereocenters. The van der Waals surface area contributed by atoms with Gasteiger partial charge in [-0.3, -0.25) is 4.90 Å². The fraction of sp³-hybridized carbons (Fsp3) is 0.389. The van der Waals surface area contributed by atoms with Crippen LogP contribution in [0, 0.1) is 0 Å². The Morgan fingerprint density at radius 1 is 1.23 bits per heavy atom. The highest BCUT2D eigenvalue weighted by Crippen LogP contribution is 2.31. The van der Waals surface area contributed by atoms with Crippen LogP contribution in [0.3, 0.4) is 0 Å². The average Bonchev–Trinajstić information content (AvgIpc) is 2.52. The highest BCUT2D eigenvalue weighted by Gasteiger charge is 2.35. The van der Waals surface area contributed by atoms with E-state index in [4.69, 9.17) is 16.3 Å². The SMILES string of the molecule is CC1(C)COC(c2ccccc2)CN1Cc1ccc(Cl)nc1. The molecule has 1 aliphatic rings. The van der Waals surface area contributed by atoms with Gasteiger partial charge in [-0.15, -0.1) is 0 Å². The molecule has 2 heterocycles. The number of benzene rings is 1. The molecule has 1 fully saturated rings. The van der Waals surface area contributed by atoms with Crippen molar-refractivity contribution in [1.29, 1.82) is 0 Å². The molecule has 1 aromatic heterocycles. The molecule has 1 saturated heterocycles. The minimum atomic E-state index is 0.00488. The topological polar surface area (TPSA) is 25.4 Å². The van der Waals surface area contributed by atoms with Gasteiger partial charge in [0.25, 0.3) is 0 Å². The second kappa shape index (κ2) is 6.37. The second-order valence-corrected chi connectivity index (χ2v) is 6.78. The maximum absolute atomic E-state index is 6.09. The number of hydrogen-bond acceptors (Lipinski definition) is 3. The lowest BCUT2D eigenvalue weighted by Gasteiger charge is -2.45. The summed E-state index contributed by atoms with van der Waals surface area (Å²) in [5, 5.41) is 0.534. The van der Waals surface area contributed by atoms with Crippen molar-refractivity contribution in [3.8, 4) is 0 Å². The zero-order chi connectivity index (χ0) is 15.6. The van der Waals surface area contributed by atoms with Gasteiger partial charge >= 0.3 is 0 Å². The zero-order valence-corrected chi connectivity index (χ0v) is 13.8. The van der Waals surface area contributed by atoms with E-state index in [1.807, 2.05) is 24.4 Å². The van der Waals surface area contributed by atoms with E-state index >= 15 is 0 Å². The Kier molecular flexibility index (Phi) is 4.48. The number of hydrogen-bond donors (Lipinski definition) is 0. The molecular formula is C18H21ClN2O. The van der Waals surface area contributed by atoms with Gasteiger partial charge in [0.2, 0.25) is 0 Å². The summed E-state index contributed by atoms with van der Waals surface area (Å²) < 4.78 is 6.09. The third kappa shape index (κ3) is 3.49. The molecule has 2 aromatic rings. The maximum Gasteiger partial charge on any atom is 0.129 e. The van der Waals surface area contributed by atoms with Gasteiger partial charge in [-0.1, -0.05) is 48.0 Å². The standard InChI is InChI=1S/C18H21ClN2O/c1-18(2)13-22-16(15-6-4-3-5-7-15)12-21(18)11-14-8-9-17(19)20-10-14/h3-10,16H,11-13H2,1-2H3. The number of ether oxygens (including phenoxy) is 1. The Morgan fingerprint density at radius 2 is 2.00 bits per heavy atom. The molecule has 3 rings (SSSR count). The van der Waals surface area contributed by atoms with Crippen molar-refractivity contribution in [3.05, 3.63) is 64.9 Å². The van der Waals surface area contributed by atoms with E-state index in [0.717, 1.165) is 13.1 Å². The summed E-state index contributed by atoms with van der Waals surface area (Å²) in [7, 11) is 0. The van der Waals surface area contributed by atoms with Crippen molar-refractivity contribution in [2.75, 3.05) is 13.2 Å². The first-order valence-corrected chi connectivity index (χ1v) is 7.94. The average molecular weight is 317 g/mol. The third-order valence-electron chi connectivity index (χ3n) is 4.21. The molecule has 1 unspecified atom stereocenters. The van der Waals surface area contributed by atoms with E-state index in [1.54, 1.807) is 0 Å². The number of nitrogens with zero attached hydrogens (tertiary/aromatic N) is 2. The number of rotatable bonds is 3. The first-order valence-electron chi connectivity index (χ1n) is 7.57. The molecular weight excluding hydrogens is 296 g/mol. The van der Waals surface area contributed by atoms with Crippen LogP contribution in [0.2, 0.25) is 5.15 Å². The first kappa shape index (κ1) is 15.5. The quantitative estimate of drug-likeness (QED) is 0.798. The molecule has 0 aliphatic carbocycles. The molecule has 1 aliphatic heterocycles. The van der Waals surface area contributed by atoms with Crippen LogP contribution in [-0.2, 0) is 11.3 Å². The largest absolute Gasteiger partial charge is 0.370 e. The van der Waals surface area contributed by atoms with E-state index in [0.29, 0.717) is 11.8 Å². The minimum absolute atomic E-state index is 0.00488. The number of halogens is 1. The number of aromatic nitrogens is 1. The molecule has 3 nitrogen and oxygen atoms in total. The second-order valence-electron chi connectivity index (χ2n) is 6.39. The van der Waals surface area contributed by atoms with Crippen LogP contribution >= 0.6 is 11.6 Å². The fourth-order valence-corrected chi connectivity index (χ4v) is 2.88. The predicted octanol–water partition coefficient (Wildman–Crippen LogP) is 4.09. The monoisotopic (exact) mass is 316 g/mol. The van der Waals surface area contributed by atoms with Crippen LogP contribution in [0.15, 0.2) is 48.7 Å². The summed E-state index contributed by atoms with van der Waals surface area (Å²) >= 11 is 5.87. The Labute approximate surface area is 136 Å². The van der Waals surface area contributed by atoms with Crippen LogP contribution in [-0.4, -0.2) is 28.6 Å². The zero-order valence-electron chi connectivity index (χ0n) is 13.0. The molecule has 0 spiro atoms. The summed E-state index contributed by atoms with van der Waals surface area (Å²) in [5.41, 5.74) is 2.41. The molecule has 0 amide bonds. The van der Waals surface area contributed by atoms with Crippen LogP contribution in [0.1, 0.15) is 31.1 Å². The highest BCUT2D eigenvalue weighted by molar-refractivity contribution is 6.29. The first-order chi connectivity index (χ1) is 10.5. The normalized spacial score (nSPS) is 21.7. The third-order valence-corrected chi connectivity index (χ3v) is 4.44. The van der Waals surface area contributed by atoms with Gasteiger partial charge in [0.15, 0.2) is 0 Å². The summed E-state index contributed by atoms with van der Waals surface area (Å²) in [6.07, 6.45) is 1.97. The van der Waals surface area contributed by atoms with E-state index in [1.165, 1.54) is 11.1 Å². The smallest absolute Gasteiger partial charge is 0.129 e. The summed E-state index contributed by atoms with van der Waals surface area (Å²) in [6.45, 7) is 6.88. The minimum Gasteiger partial charge on any atom is -0.370 e. The molecule has 4 heteroatoms. The molecule has 0 N–H and O–H groups in total. The van der Waals surface area contributed by atoms with E-state index < -0.39 is 0 Å². The van der Waals surface area contributed by atoms with Crippen molar-refractivity contribution in [1.82, 2.24) is 9.88 Å². The highest BCUT2D eigenvalue weighted by atomic mass is 35.5. The molecule has 1 aromatic carbocycles. The van der Waals surface area contributed by atoms with Gasteiger partial charge in [0.1, 0.15) is 5.15 Å². The van der Waals surface area contributed by atoms with Crippen molar-refractivity contribution in [2.24, 2.45) is 0 Å². The lowest BCUT2D eigenvalue weighted by Crippen LogP contribution is -2.53. The van der Waals surface area contributed by atoms with Gasteiger partial charge in [-0.05, 0) is 31.0 Å². The van der Waals surface area contributed by atoms with Crippen LogP contribution in [0.5, 0.6) is 0 Å². The van der Waals surface area contributed by atoms with E-state index in [9.17, 15) is 0 Å². The summed E-state index contributed by atoms with van der Waals surface area (Å²) in [6, 6.07) is 14.3. The van der Waals surface area contributed by atoms with Crippen LogP contribution < -0.4 is 0 Å². The van der Waals surface area contributed by atoms with Crippen LogP contribution in [0.25, 0.3) is 0 Å². The Bertz CT molecular complexity index is 613. The van der Waals surface area contributed by atoms with Crippen molar-refractivity contribution in [3.63, 3.8) is 0 Å². The van der Waals surface area contributed by atoms with Crippen molar-refractivity contribution in [2.45, 2.75) is 32.0 Å². The van der Waals surface area contributed by atoms with Gasteiger partial charge in [0, 0.05) is 24.8 Å². The lowest BCUT2D eigenvalue weighted by atomic mass is 9.97. The molecule has 0 saturated carbocycles. The van der Waals surface area contributed by atoms with Gasteiger partial charge in [-0.2, -0.15) is 0 Å². The van der Waals surface area contributed by atoms with Gasteiger partial charge in [0.05, 0.1) is 12.7 Å². The number of pyridine rings is 1. The van der Waals surface area contributed by atoms with Gasteiger partial charge < -0.3 is 4.74 Å². The molecule has 0 bridgehead atoms. The molecule has 22 heavy (non-hydrogen) atoms. The van der Waals surface area contributed by atoms with Crippen LogP contribution in [0.4, 0.5) is 0 Å². The maximum atomic E-state index is 6.09. The van der Waals surface area contributed by atoms with Crippen molar-refractivity contribution < 1.29 is 4.74 Å². The van der Waals surface area contributed by atoms with Crippen molar-refractivity contribution >= 4 is 11.6 Å². The molecule has 0 radical (unpaired) electrons. The fourth-order valence-electron chi connectivity index (χ4n) is 2.76. The molecule has 116 valence electrons. The lowest BCUT2D eigenvalue weighted by molar-refractivity contribution is -0.104. The number of morpholine rings is 1. The van der Waals surface area contributed by atoms with E-state index in [-0.39, 0.29) is 11.6 Å². The Hall–Kier alpha value is -1.42.